The highest BCUT2D eigenvalue weighted by molar-refractivity contribution is 5.88. The fraction of sp³-hybridized carbons (Fsp3) is 0.0714. The number of halogens is 1. The number of nitriles is 1. The molecule has 1 heterocycles. The van der Waals surface area contributed by atoms with E-state index < -0.39 is 11.8 Å². The molecule has 5 heteroatoms. The maximum atomic E-state index is 13.8. The van der Waals surface area contributed by atoms with E-state index in [9.17, 15) is 9.18 Å². The molecule has 1 aromatic carbocycles. The lowest BCUT2D eigenvalue weighted by atomic mass is 9.98. The lowest BCUT2D eigenvalue weighted by Gasteiger charge is -2.09. The third kappa shape index (κ3) is 2.29. The van der Waals surface area contributed by atoms with E-state index in [0.717, 1.165) is 0 Å². The van der Waals surface area contributed by atoms with E-state index in [1.807, 2.05) is 6.07 Å². The van der Waals surface area contributed by atoms with Gasteiger partial charge in [0, 0.05) is 11.1 Å². The minimum atomic E-state index is -1.22. The van der Waals surface area contributed by atoms with Crippen molar-refractivity contribution in [1.29, 1.82) is 5.26 Å². The molecule has 0 spiro atoms. The second kappa shape index (κ2) is 4.86. The Kier molecular flexibility index (Phi) is 3.25. The number of aryl methyl sites for hydroxylation is 1. The van der Waals surface area contributed by atoms with Crippen LogP contribution in [-0.2, 0) is 0 Å². The van der Waals surface area contributed by atoms with Crippen molar-refractivity contribution in [1.82, 2.24) is 4.98 Å². The lowest BCUT2D eigenvalue weighted by Crippen LogP contribution is -2.05. The molecule has 0 aliphatic rings. The summed E-state index contributed by atoms with van der Waals surface area (Å²) in [7, 11) is 0. The average Bonchev–Trinajstić information content (AvgIpc) is 2.38. The quantitative estimate of drug-likeness (QED) is 0.896. The molecule has 0 saturated heterocycles. The number of hydrogen-bond donors (Lipinski definition) is 1. The highest BCUT2D eigenvalue weighted by Crippen LogP contribution is 2.28. The van der Waals surface area contributed by atoms with Gasteiger partial charge >= 0.3 is 5.97 Å². The van der Waals surface area contributed by atoms with Crippen molar-refractivity contribution in [3.05, 3.63) is 53.1 Å². The van der Waals surface area contributed by atoms with Gasteiger partial charge in [-0.05, 0) is 19.1 Å². The fourth-order valence-electron chi connectivity index (χ4n) is 1.82. The molecule has 1 N–H and O–H groups in total. The van der Waals surface area contributed by atoms with Crippen LogP contribution in [0.2, 0.25) is 0 Å². The van der Waals surface area contributed by atoms with Crippen LogP contribution in [0.25, 0.3) is 11.1 Å². The Morgan fingerprint density at radius 3 is 2.63 bits per heavy atom. The first kappa shape index (κ1) is 12.7. The minimum absolute atomic E-state index is 0.176. The third-order valence-corrected chi connectivity index (χ3v) is 2.70. The topological polar surface area (TPSA) is 74.0 Å². The van der Waals surface area contributed by atoms with E-state index in [1.165, 1.54) is 31.2 Å². The molecule has 19 heavy (non-hydrogen) atoms. The van der Waals surface area contributed by atoms with Gasteiger partial charge in [0.05, 0.1) is 11.3 Å². The maximum absolute atomic E-state index is 13.8. The summed E-state index contributed by atoms with van der Waals surface area (Å²) in [5, 5.41) is 18.1. The van der Waals surface area contributed by atoms with E-state index >= 15 is 0 Å². The molecule has 0 fully saturated rings. The van der Waals surface area contributed by atoms with E-state index in [1.54, 1.807) is 6.07 Å². The standard InChI is InChI=1S/C14H9FN2O2/c1-8-11(7-16)10(6-13(17-8)14(18)19)9-4-2-3-5-12(9)15/h2-6H,1H3,(H,18,19). The number of pyridine rings is 1. The van der Waals surface area contributed by atoms with Gasteiger partial charge in [-0.25, -0.2) is 14.2 Å². The summed E-state index contributed by atoms with van der Waals surface area (Å²) in [6.07, 6.45) is 0. The Morgan fingerprint density at radius 2 is 2.05 bits per heavy atom. The minimum Gasteiger partial charge on any atom is -0.477 e. The molecule has 0 saturated carbocycles. The van der Waals surface area contributed by atoms with Crippen molar-refractivity contribution in [2.45, 2.75) is 6.92 Å². The molecule has 0 amide bonds. The molecule has 2 aromatic rings. The van der Waals surface area contributed by atoms with Gasteiger partial charge in [0.2, 0.25) is 0 Å². The summed E-state index contributed by atoms with van der Waals surface area (Å²) in [6, 6.07) is 9.05. The molecule has 94 valence electrons. The molecule has 1 aromatic heterocycles. The number of carboxylic acids is 1. The van der Waals surface area contributed by atoms with Gasteiger partial charge in [-0.2, -0.15) is 5.26 Å². The molecule has 4 nitrogen and oxygen atoms in total. The summed E-state index contributed by atoms with van der Waals surface area (Å²) in [6.45, 7) is 1.52. The summed E-state index contributed by atoms with van der Waals surface area (Å²) >= 11 is 0. The summed E-state index contributed by atoms with van der Waals surface area (Å²) < 4.78 is 13.8. The summed E-state index contributed by atoms with van der Waals surface area (Å²) in [4.78, 5) is 14.8. The van der Waals surface area contributed by atoms with Crippen LogP contribution in [0.1, 0.15) is 21.7 Å². The Bertz CT molecular complexity index is 705. The van der Waals surface area contributed by atoms with Crippen molar-refractivity contribution < 1.29 is 14.3 Å². The molecule has 0 atom stereocenters. The first-order valence-electron chi connectivity index (χ1n) is 5.44. The van der Waals surface area contributed by atoms with Crippen LogP contribution in [0.15, 0.2) is 30.3 Å². The molecular weight excluding hydrogens is 247 g/mol. The van der Waals surface area contributed by atoms with Crippen molar-refractivity contribution in [2.75, 3.05) is 0 Å². The Balaban J connectivity index is 2.79. The number of carboxylic acid groups (broad SMARTS) is 1. The third-order valence-electron chi connectivity index (χ3n) is 2.70. The van der Waals surface area contributed by atoms with Gasteiger partial charge in [0.25, 0.3) is 0 Å². The number of aromatic carboxylic acids is 1. The Hall–Kier alpha value is -2.74. The predicted octanol–water partition coefficient (Wildman–Crippen LogP) is 2.77. The Morgan fingerprint density at radius 1 is 1.37 bits per heavy atom. The average molecular weight is 256 g/mol. The van der Waals surface area contributed by atoms with E-state index in [-0.39, 0.29) is 28.1 Å². The van der Waals surface area contributed by atoms with Crippen LogP contribution < -0.4 is 0 Å². The smallest absolute Gasteiger partial charge is 0.354 e. The van der Waals surface area contributed by atoms with Crippen LogP contribution in [0.5, 0.6) is 0 Å². The molecule has 2 rings (SSSR count). The molecular formula is C14H9FN2O2. The lowest BCUT2D eigenvalue weighted by molar-refractivity contribution is 0.0690. The molecule has 0 radical (unpaired) electrons. The number of benzene rings is 1. The van der Waals surface area contributed by atoms with Gasteiger partial charge in [0.1, 0.15) is 17.6 Å². The van der Waals surface area contributed by atoms with Crippen LogP contribution in [0.3, 0.4) is 0 Å². The SMILES string of the molecule is Cc1nc(C(=O)O)cc(-c2ccccc2F)c1C#N. The zero-order valence-corrected chi connectivity index (χ0v) is 10.0. The second-order valence-electron chi connectivity index (χ2n) is 3.91. The van der Waals surface area contributed by atoms with Gasteiger partial charge in [-0.15, -0.1) is 0 Å². The fourth-order valence-corrected chi connectivity index (χ4v) is 1.82. The summed E-state index contributed by atoms with van der Waals surface area (Å²) in [5.74, 6) is -1.73. The number of rotatable bonds is 2. The van der Waals surface area contributed by atoms with Crippen molar-refractivity contribution in [3.8, 4) is 17.2 Å². The van der Waals surface area contributed by atoms with Gasteiger partial charge < -0.3 is 5.11 Å². The second-order valence-corrected chi connectivity index (χ2v) is 3.91. The van der Waals surface area contributed by atoms with Crippen LogP contribution in [0.4, 0.5) is 4.39 Å². The number of hydrogen-bond acceptors (Lipinski definition) is 3. The molecule has 0 bridgehead atoms. The first-order chi connectivity index (χ1) is 9.04. The van der Waals surface area contributed by atoms with Gasteiger partial charge in [-0.1, -0.05) is 18.2 Å². The maximum Gasteiger partial charge on any atom is 0.354 e. The number of aromatic nitrogens is 1. The highest BCUT2D eigenvalue weighted by atomic mass is 19.1. The van der Waals surface area contributed by atoms with Crippen molar-refractivity contribution in [2.24, 2.45) is 0 Å². The molecule has 0 aliphatic heterocycles. The monoisotopic (exact) mass is 256 g/mol. The Labute approximate surface area is 108 Å². The van der Waals surface area contributed by atoms with Gasteiger partial charge in [-0.3, -0.25) is 0 Å². The van der Waals surface area contributed by atoms with E-state index in [4.69, 9.17) is 10.4 Å². The van der Waals surface area contributed by atoms with Crippen LogP contribution in [-0.4, -0.2) is 16.1 Å². The van der Waals surface area contributed by atoms with Crippen LogP contribution in [0, 0.1) is 24.1 Å². The van der Waals surface area contributed by atoms with Crippen LogP contribution >= 0.6 is 0 Å². The van der Waals surface area contributed by atoms with Crippen molar-refractivity contribution >= 4 is 5.97 Å². The normalized spacial score (nSPS) is 9.95. The molecule has 0 aliphatic carbocycles. The largest absolute Gasteiger partial charge is 0.477 e. The van der Waals surface area contributed by atoms with Gasteiger partial charge in [0.15, 0.2) is 0 Å². The molecule has 0 unspecified atom stereocenters. The van der Waals surface area contributed by atoms with Crippen molar-refractivity contribution in [3.63, 3.8) is 0 Å². The zero-order chi connectivity index (χ0) is 14.0. The number of carbonyl (C=O) groups is 1. The first-order valence-corrected chi connectivity index (χ1v) is 5.44. The highest BCUT2D eigenvalue weighted by Gasteiger charge is 2.16. The van der Waals surface area contributed by atoms with E-state index in [0.29, 0.717) is 0 Å². The zero-order valence-electron chi connectivity index (χ0n) is 10.0. The summed E-state index contributed by atoms with van der Waals surface area (Å²) in [5.41, 5.74) is 0.656. The predicted molar refractivity (Wildman–Crippen MR) is 66.0 cm³/mol. The van der Waals surface area contributed by atoms with E-state index in [2.05, 4.69) is 4.98 Å². The number of nitrogens with zero attached hydrogens (tertiary/aromatic N) is 2.